The minimum Gasteiger partial charge on any atom is -0.493 e. The van der Waals surface area contributed by atoms with Crippen LogP contribution in [0.5, 0.6) is 11.6 Å². The van der Waals surface area contributed by atoms with Crippen molar-refractivity contribution in [3.8, 4) is 11.6 Å². The number of unbranched alkanes of at least 4 members (excludes halogenated alkanes) is 2. The van der Waals surface area contributed by atoms with Crippen molar-refractivity contribution < 1.29 is 14.6 Å². The van der Waals surface area contributed by atoms with Crippen LogP contribution in [-0.4, -0.2) is 22.2 Å². The first-order chi connectivity index (χ1) is 13.6. The van der Waals surface area contributed by atoms with Crippen LogP contribution in [0, 0.1) is 6.92 Å². The van der Waals surface area contributed by atoms with E-state index in [1.807, 2.05) is 54.0 Å². The van der Waals surface area contributed by atoms with Gasteiger partial charge in [-0.2, -0.15) is 0 Å². The van der Waals surface area contributed by atoms with E-state index in [1.54, 1.807) is 6.07 Å². The molecule has 0 fully saturated rings. The van der Waals surface area contributed by atoms with Crippen LogP contribution in [-0.2, 0) is 11.3 Å². The Labute approximate surface area is 164 Å². The smallest absolute Gasteiger partial charge is 0.302 e. The maximum atomic E-state index is 12.1. The van der Waals surface area contributed by atoms with Crippen molar-refractivity contribution in [3.05, 3.63) is 54.1 Å². The number of azo groups is 1. The second kappa shape index (κ2) is 9.17. The Morgan fingerprint density at radius 2 is 1.96 bits per heavy atom. The van der Waals surface area contributed by atoms with Gasteiger partial charge in [-0.15, -0.1) is 10.2 Å². The Balaban J connectivity index is 1.75. The third-order valence-corrected chi connectivity index (χ3v) is 4.52. The van der Waals surface area contributed by atoms with Crippen LogP contribution in [0.3, 0.4) is 0 Å². The number of aryl methyl sites for hydroxylation is 2. The molecule has 0 aliphatic heterocycles. The Morgan fingerprint density at radius 1 is 1.14 bits per heavy atom. The van der Waals surface area contributed by atoms with E-state index in [2.05, 4.69) is 17.2 Å². The van der Waals surface area contributed by atoms with Gasteiger partial charge in [0.2, 0.25) is 5.88 Å². The molecular formula is C22H25N3O3. The molecule has 1 N–H and O–H groups in total. The van der Waals surface area contributed by atoms with Crippen molar-refractivity contribution in [2.45, 2.75) is 39.7 Å². The standard InChI is InChI=1S/C22H25N3O3/c1-3-4-7-13-25-19-12-6-5-11-18(19)21(22(25)27)24-23-20(26)15-28-17-10-8-9-16(2)14-17/h5-6,8-12,14,27H,3-4,7,13,15H2,1-2H3. The normalized spacial score (nSPS) is 11.4. The maximum Gasteiger partial charge on any atom is 0.302 e. The highest BCUT2D eigenvalue weighted by atomic mass is 16.5. The number of ether oxygens (including phenoxy) is 1. The summed E-state index contributed by atoms with van der Waals surface area (Å²) in [6.07, 6.45) is 3.14. The summed E-state index contributed by atoms with van der Waals surface area (Å²) < 4.78 is 7.28. The van der Waals surface area contributed by atoms with E-state index in [-0.39, 0.29) is 12.5 Å². The number of para-hydroxylation sites is 1. The molecule has 0 saturated carbocycles. The first-order valence-corrected chi connectivity index (χ1v) is 9.54. The van der Waals surface area contributed by atoms with Gasteiger partial charge in [-0.25, -0.2) is 0 Å². The molecule has 0 spiro atoms. The van der Waals surface area contributed by atoms with Crippen molar-refractivity contribution >= 4 is 22.5 Å². The molecule has 28 heavy (non-hydrogen) atoms. The fraction of sp³-hybridized carbons (Fsp3) is 0.318. The summed E-state index contributed by atoms with van der Waals surface area (Å²) in [5.74, 6) is 0.135. The average molecular weight is 379 g/mol. The van der Waals surface area contributed by atoms with Crippen molar-refractivity contribution in [2.24, 2.45) is 10.2 Å². The molecule has 0 unspecified atom stereocenters. The molecule has 0 radical (unpaired) electrons. The summed E-state index contributed by atoms with van der Waals surface area (Å²) in [5, 5.41) is 19.2. The number of aromatic nitrogens is 1. The fourth-order valence-electron chi connectivity index (χ4n) is 3.10. The zero-order chi connectivity index (χ0) is 19.9. The van der Waals surface area contributed by atoms with E-state index >= 15 is 0 Å². The molecule has 1 amide bonds. The number of aromatic hydroxyl groups is 1. The Kier molecular flexibility index (Phi) is 6.42. The number of hydrogen-bond acceptors (Lipinski definition) is 4. The monoisotopic (exact) mass is 379 g/mol. The second-order valence-corrected chi connectivity index (χ2v) is 6.75. The number of nitrogens with zero attached hydrogens (tertiary/aromatic N) is 3. The minimum atomic E-state index is -0.510. The van der Waals surface area contributed by atoms with E-state index in [0.717, 1.165) is 35.7 Å². The fourth-order valence-corrected chi connectivity index (χ4v) is 3.10. The number of benzene rings is 2. The minimum absolute atomic E-state index is 0.0356. The van der Waals surface area contributed by atoms with Crippen LogP contribution in [0.1, 0.15) is 31.7 Å². The van der Waals surface area contributed by atoms with Crippen molar-refractivity contribution in [2.75, 3.05) is 6.61 Å². The molecule has 0 atom stereocenters. The van der Waals surface area contributed by atoms with E-state index in [9.17, 15) is 9.90 Å². The van der Waals surface area contributed by atoms with E-state index in [1.165, 1.54) is 0 Å². The molecule has 1 heterocycles. The Hall–Kier alpha value is -3.15. The molecule has 0 bridgehead atoms. The maximum absolute atomic E-state index is 12.1. The first-order valence-electron chi connectivity index (χ1n) is 9.54. The molecule has 3 aromatic rings. The van der Waals surface area contributed by atoms with Gasteiger partial charge in [0, 0.05) is 11.9 Å². The summed E-state index contributed by atoms with van der Waals surface area (Å²) >= 11 is 0. The molecule has 6 heteroatoms. The van der Waals surface area contributed by atoms with Crippen LogP contribution in [0.2, 0.25) is 0 Å². The lowest BCUT2D eigenvalue weighted by atomic mass is 10.2. The number of hydrogen-bond donors (Lipinski definition) is 1. The Morgan fingerprint density at radius 3 is 2.75 bits per heavy atom. The van der Waals surface area contributed by atoms with Gasteiger partial charge in [0.05, 0.1) is 5.52 Å². The Bertz CT molecular complexity index is 992. The van der Waals surface area contributed by atoms with E-state index < -0.39 is 5.91 Å². The molecule has 146 valence electrons. The van der Waals surface area contributed by atoms with Crippen molar-refractivity contribution in [3.63, 3.8) is 0 Å². The van der Waals surface area contributed by atoms with Crippen LogP contribution in [0.25, 0.3) is 10.9 Å². The van der Waals surface area contributed by atoms with Gasteiger partial charge in [-0.3, -0.25) is 4.79 Å². The highest BCUT2D eigenvalue weighted by Gasteiger charge is 2.16. The van der Waals surface area contributed by atoms with Gasteiger partial charge in [0.25, 0.3) is 0 Å². The molecule has 0 aliphatic rings. The largest absolute Gasteiger partial charge is 0.493 e. The van der Waals surface area contributed by atoms with E-state index in [0.29, 0.717) is 18.0 Å². The van der Waals surface area contributed by atoms with Crippen LogP contribution in [0.15, 0.2) is 58.8 Å². The lowest BCUT2D eigenvalue weighted by molar-refractivity contribution is -0.120. The molecular weight excluding hydrogens is 354 g/mol. The highest BCUT2D eigenvalue weighted by molar-refractivity contribution is 5.95. The zero-order valence-electron chi connectivity index (χ0n) is 16.3. The van der Waals surface area contributed by atoms with Gasteiger partial charge < -0.3 is 14.4 Å². The zero-order valence-corrected chi connectivity index (χ0v) is 16.3. The highest BCUT2D eigenvalue weighted by Crippen LogP contribution is 2.39. The molecule has 1 aromatic heterocycles. The van der Waals surface area contributed by atoms with Crippen LogP contribution < -0.4 is 4.74 Å². The predicted octanol–water partition coefficient (Wildman–Crippen LogP) is 5.53. The summed E-state index contributed by atoms with van der Waals surface area (Å²) in [7, 11) is 0. The lowest BCUT2D eigenvalue weighted by Crippen LogP contribution is -2.07. The molecule has 0 saturated heterocycles. The topological polar surface area (TPSA) is 76.2 Å². The second-order valence-electron chi connectivity index (χ2n) is 6.75. The molecule has 2 aromatic carbocycles. The number of rotatable bonds is 8. The summed E-state index contributed by atoms with van der Waals surface area (Å²) in [6.45, 7) is 4.58. The summed E-state index contributed by atoms with van der Waals surface area (Å²) in [4.78, 5) is 12.1. The third-order valence-electron chi connectivity index (χ3n) is 4.52. The van der Waals surface area contributed by atoms with Gasteiger partial charge in [-0.1, -0.05) is 50.1 Å². The third kappa shape index (κ3) is 4.57. The van der Waals surface area contributed by atoms with E-state index in [4.69, 9.17) is 4.74 Å². The number of carbonyl (C=O) groups excluding carboxylic acids is 1. The quantitative estimate of drug-likeness (QED) is 0.413. The van der Waals surface area contributed by atoms with Crippen LogP contribution >= 0.6 is 0 Å². The van der Waals surface area contributed by atoms with Gasteiger partial charge in [0.1, 0.15) is 5.75 Å². The van der Waals surface area contributed by atoms with Gasteiger partial charge in [-0.05, 0) is 37.1 Å². The lowest BCUT2D eigenvalue weighted by Gasteiger charge is -2.05. The predicted molar refractivity (Wildman–Crippen MR) is 109 cm³/mol. The van der Waals surface area contributed by atoms with Crippen molar-refractivity contribution in [1.82, 2.24) is 4.57 Å². The number of amides is 1. The average Bonchev–Trinajstić information content (AvgIpc) is 2.96. The van der Waals surface area contributed by atoms with Crippen LogP contribution in [0.4, 0.5) is 5.69 Å². The van der Waals surface area contributed by atoms with Gasteiger partial charge in [0.15, 0.2) is 12.3 Å². The summed E-state index contributed by atoms with van der Waals surface area (Å²) in [6, 6.07) is 15.0. The SMILES string of the molecule is CCCCCn1c(O)c(N=NC(=O)COc2cccc(C)c2)c2ccccc21. The molecule has 3 rings (SSSR count). The first kappa shape index (κ1) is 19.6. The molecule has 6 nitrogen and oxygen atoms in total. The van der Waals surface area contributed by atoms with Gasteiger partial charge >= 0.3 is 5.91 Å². The number of fused-ring (bicyclic) bond motifs is 1. The molecule has 0 aliphatic carbocycles. The number of carbonyl (C=O) groups is 1. The summed E-state index contributed by atoms with van der Waals surface area (Å²) in [5.41, 5.74) is 2.25. The van der Waals surface area contributed by atoms with Crippen molar-refractivity contribution in [1.29, 1.82) is 0 Å².